The molecule has 0 bridgehead atoms. The molecule has 1 aromatic heterocycles. The van der Waals surface area contributed by atoms with Gasteiger partial charge in [-0.2, -0.15) is 0 Å². The molecule has 2 fully saturated rings. The number of anilines is 1. The van der Waals surface area contributed by atoms with E-state index in [2.05, 4.69) is 15.6 Å². The van der Waals surface area contributed by atoms with Crippen molar-refractivity contribution in [1.82, 2.24) is 15.6 Å². The van der Waals surface area contributed by atoms with Crippen molar-refractivity contribution in [2.75, 3.05) is 12.3 Å². The maximum absolute atomic E-state index is 12.6. The number of fused-ring (bicyclic) bond motifs is 1. The molecule has 1 aliphatic carbocycles. The minimum absolute atomic E-state index is 0.0188. The zero-order valence-corrected chi connectivity index (χ0v) is 12.6. The number of aromatic nitrogens is 1. The number of aromatic amines is 1. The van der Waals surface area contributed by atoms with Gasteiger partial charge < -0.3 is 21.4 Å². The standard InChI is InChI=1S/C17H22N4O/c18-12-3-4-13-11(9-12)10-14(20-13)16(22)21-15-5-8-19-17(15)6-1-2-7-17/h3-4,9-10,15,19-20H,1-2,5-8,18H2,(H,21,22). The molecule has 22 heavy (non-hydrogen) atoms. The molecule has 1 aromatic carbocycles. The third-order valence-electron chi connectivity index (χ3n) is 5.27. The summed E-state index contributed by atoms with van der Waals surface area (Å²) in [4.78, 5) is 15.8. The molecular weight excluding hydrogens is 276 g/mol. The number of H-pyrrole nitrogens is 1. The summed E-state index contributed by atoms with van der Waals surface area (Å²) in [5.74, 6) is -0.0188. The molecule has 2 heterocycles. The number of hydrogen-bond acceptors (Lipinski definition) is 3. The number of amides is 1. The molecule has 2 aromatic rings. The van der Waals surface area contributed by atoms with E-state index >= 15 is 0 Å². The molecule has 5 nitrogen and oxygen atoms in total. The summed E-state index contributed by atoms with van der Waals surface area (Å²) in [6, 6.07) is 7.76. The summed E-state index contributed by atoms with van der Waals surface area (Å²) in [5.41, 5.74) is 8.20. The first-order chi connectivity index (χ1) is 10.7. The zero-order chi connectivity index (χ0) is 15.2. The van der Waals surface area contributed by atoms with E-state index in [1.54, 1.807) is 0 Å². The van der Waals surface area contributed by atoms with Crippen LogP contribution in [0.5, 0.6) is 0 Å². The number of carbonyl (C=O) groups is 1. The Bertz CT molecular complexity index is 709. The summed E-state index contributed by atoms with van der Waals surface area (Å²) >= 11 is 0. The Labute approximate surface area is 129 Å². The van der Waals surface area contributed by atoms with Gasteiger partial charge in [0, 0.05) is 28.2 Å². The van der Waals surface area contributed by atoms with Gasteiger partial charge in [0.25, 0.3) is 5.91 Å². The van der Waals surface area contributed by atoms with E-state index in [4.69, 9.17) is 5.73 Å². The summed E-state index contributed by atoms with van der Waals surface area (Å²) in [6.45, 7) is 0.994. The van der Waals surface area contributed by atoms with Gasteiger partial charge in [-0.25, -0.2) is 0 Å². The lowest BCUT2D eigenvalue weighted by Gasteiger charge is -2.31. The van der Waals surface area contributed by atoms with Gasteiger partial charge in [0.05, 0.1) is 0 Å². The van der Waals surface area contributed by atoms with Gasteiger partial charge in [-0.1, -0.05) is 12.8 Å². The lowest BCUT2D eigenvalue weighted by atomic mass is 9.90. The topological polar surface area (TPSA) is 82.9 Å². The van der Waals surface area contributed by atoms with Crippen LogP contribution in [0.3, 0.4) is 0 Å². The Morgan fingerprint density at radius 3 is 2.91 bits per heavy atom. The molecule has 0 radical (unpaired) electrons. The fourth-order valence-electron chi connectivity index (χ4n) is 4.12. The Balaban J connectivity index is 1.55. The highest BCUT2D eigenvalue weighted by molar-refractivity contribution is 5.98. The third-order valence-corrected chi connectivity index (χ3v) is 5.27. The van der Waals surface area contributed by atoms with E-state index in [-0.39, 0.29) is 17.5 Å². The third kappa shape index (κ3) is 2.16. The monoisotopic (exact) mass is 298 g/mol. The van der Waals surface area contributed by atoms with Gasteiger partial charge in [0.2, 0.25) is 0 Å². The van der Waals surface area contributed by atoms with Gasteiger partial charge in [-0.15, -0.1) is 0 Å². The first-order valence-corrected chi connectivity index (χ1v) is 8.10. The van der Waals surface area contributed by atoms with E-state index in [1.807, 2.05) is 24.3 Å². The van der Waals surface area contributed by atoms with E-state index < -0.39 is 0 Å². The highest BCUT2D eigenvalue weighted by Crippen LogP contribution is 2.37. The van der Waals surface area contributed by atoms with Gasteiger partial charge in [-0.3, -0.25) is 4.79 Å². The van der Waals surface area contributed by atoms with Gasteiger partial charge >= 0.3 is 0 Å². The number of nitrogen functional groups attached to an aromatic ring is 1. The molecule has 1 unspecified atom stereocenters. The van der Waals surface area contributed by atoms with Crippen molar-refractivity contribution in [1.29, 1.82) is 0 Å². The predicted octanol–water partition coefficient (Wildman–Crippen LogP) is 2.15. The van der Waals surface area contributed by atoms with E-state index in [1.165, 1.54) is 25.7 Å². The second kappa shape index (κ2) is 5.02. The van der Waals surface area contributed by atoms with Crippen molar-refractivity contribution < 1.29 is 4.79 Å². The summed E-state index contributed by atoms with van der Waals surface area (Å²) in [6.07, 6.45) is 5.86. The molecule has 2 aliphatic rings. The minimum atomic E-state index is -0.0188. The van der Waals surface area contributed by atoms with Crippen LogP contribution in [0.1, 0.15) is 42.6 Å². The maximum atomic E-state index is 12.6. The van der Waals surface area contributed by atoms with Crippen LogP contribution >= 0.6 is 0 Å². The molecule has 1 atom stereocenters. The average Bonchev–Trinajstić information content (AvgIpc) is 3.21. The normalized spacial score (nSPS) is 23.4. The van der Waals surface area contributed by atoms with Crippen molar-refractivity contribution in [3.63, 3.8) is 0 Å². The number of hydrogen-bond donors (Lipinski definition) is 4. The molecule has 4 rings (SSSR count). The zero-order valence-electron chi connectivity index (χ0n) is 12.6. The second-order valence-electron chi connectivity index (χ2n) is 6.63. The Kier molecular flexibility index (Phi) is 3.11. The Morgan fingerprint density at radius 2 is 2.09 bits per heavy atom. The van der Waals surface area contributed by atoms with Crippen LogP contribution in [0.2, 0.25) is 0 Å². The van der Waals surface area contributed by atoms with Gasteiger partial charge in [-0.05, 0) is 50.1 Å². The quantitative estimate of drug-likeness (QED) is 0.641. The molecule has 1 aliphatic heterocycles. The number of carbonyl (C=O) groups excluding carboxylic acids is 1. The van der Waals surface area contributed by atoms with Crippen molar-refractivity contribution in [2.24, 2.45) is 0 Å². The van der Waals surface area contributed by atoms with Crippen molar-refractivity contribution >= 4 is 22.5 Å². The first kappa shape index (κ1) is 13.6. The number of benzene rings is 1. The highest BCUT2D eigenvalue weighted by Gasteiger charge is 2.45. The number of nitrogens with one attached hydrogen (secondary N) is 3. The maximum Gasteiger partial charge on any atom is 0.268 e. The molecule has 1 saturated carbocycles. The van der Waals surface area contributed by atoms with Crippen LogP contribution in [-0.4, -0.2) is 29.0 Å². The predicted molar refractivity (Wildman–Crippen MR) is 87.8 cm³/mol. The molecule has 5 heteroatoms. The lowest BCUT2D eigenvalue weighted by Crippen LogP contribution is -2.53. The average molecular weight is 298 g/mol. The van der Waals surface area contributed by atoms with E-state index in [0.717, 1.165) is 23.9 Å². The van der Waals surface area contributed by atoms with Crippen LogP contribution in [0.25, 0.3) is 10.9 Å². The van der Waals surface area contributed by atoms with Crippen LogP contribution in [-0.2, 0) is 0 Å². The summed E-state index contributed by atoms with van der Waals surface area (Å²) in [5, 5.41) is 7.85. The van der Waals surface area contributed by atoms with E-state index in [0.29, 0.717) is 11.4 Å². The number of nitrogens with two attached hydrogens (primary N) is 1. The summed E-state index contributed by atoms with van der Waals surface area (Å²) < 4.78 is 0. The Morgan fingerprint density at radius 1 is 1.27 bits per heavy atom. The first-order valence-electron chi connectivity index (χ1n) is 8.10. The molecule has 5 N–H and O–H groups in total. The largest absolute Gasteiger partial charge is 0.399 e. The van der Waals surface area contributed by atoms with Crippen LogP contribution in [0.15, 0.2) is 24.3 Å². The smallest absolute Gasteiger partial charge is 0.268 e. The van der Waals surface area contributed by atoms with Crippen LogP contribution in [0.4, 0.5) is 5.69 Å². The highest BCUT2D eigenvalue weighted by atomic mass is 16.2. The van der Waals surface area contributed by atoms with Crippen molar-refractivity contribution in [2.45, 2.75) is 43.7 Å². The fourth-order valence-corrected chi connectivity index (χ4v) is 4.12. The summed E-state index contributed by atoms with van der Waals surface area (Å²) in [7, 11) is 0. The van der Waals surface area contributed by atoms with Gasteiger partial charge in [0.1, 0.15) is 5.69 Å². The van der Waals surface area contributed by atoms with Crippen LogP contribution in [0, 0.1) is 0 Å². The van der Waals surface area contributed by atoms with Crippen LogP contribution < -0.4 is 16.4 Å². The lowest BCUT2D eigenvalue weighted by molar-refractivity contribution is 0.0914. The fraction of sp³-hybridized carbons (Fsp3) is 0.471. The van der Waals surface area contributed by atoms with E-state index in [9.17, 15) is 4.79 Å². The molecule has 116 valence electrons. The number of rotatable bonds is 2. The minimum Gasteiger partial charge on any atom is -0.399 e. The van der Waals surface area contributed by atoms with Gasteiger partial charge in [0.15, 0.2) is 0 Å². The molecular formula is C17H22N4O. The Hall–Kier alpha value is -2.01. The molecule has 1 spiro atoms. The van der Waals surface area contributed by atoms with Crippen molar-refractivity contribution in [3.8, 4) is 0 Å². The molecule has 1 amide bonds. The SMILES string of the molecule is Nc1ccc2[nH]c(C(=O)NC3CCNC34CCCC4)cc2c1. The molecule has 1 saturated heterocycles. The second-order valence-corrected chi connectivity index (χ2v) is 6.63. The van der Waals surface area contributed by atoms with Crippen molar-refractivity contribution in [3.05, 3.63) is 30.0 Å².